The number of esters is 1. The van der Waals surface area contributed by atoms with E-state index in [2.05, 4.69) is 4.98 Å². The van der Waals surface area contributed by atoms with E-state index in [-0.39, 0.29) is 11.3 Å². The highest BCUT2D eigenvalue weighted by Gasteiger charge is 2.18. The van der Waals surface area contributed by atoms with Gasteiger partial charge >= 0.3 is 5.97 Å². The van der Waals surface area contributed by atoms with E-state index in [0.717, 1.165) is 10.2 Å². The van der Waals surface area contributed by atoms with E-state index in [1.807, 2.05) is 24.3 Å². The molecule has 2 aromatic carbocycles. The molecule has 6 heteroatoms. The quantitative estimate of drug-likeness (QED) is 0.390. The molecule has 0 spiro atoms. The molecule has 0 aliphatic carbocycles. The molecule has 25 heavy (non-hydrogen) atoms. The first-order valence-electron chi connectivity index (χ1n) is 7.57. The van der Waals surface area contributed by atoms with E-state index in [4.69, 9.17) is 4.74 Å². The fourth-order valence-electron chi connectivity index (χ4n) is 2.22. The first-order chi connectivity index (χ1) is 12.0. The molecule has 0 bridgehead atoms. The molecular weight excluding hydrogens is 341 g/mol. The molecule has 126 valence electrons. The maximum Gasteiger partial charge on any atom is 0.331 e. The summed E-state index contributed by atoms with van der Waals surface area (Å²) >= 11 is 1.45. The van der Waals surface area contributed by atoms with Crippen LogP contribution in [0.3, 0.4) is 0 Å². The summed E-state index contributed by atoms with van der Waals surface area (Å²) in [5.41, 5.74) is 1.15. The van der Waals surface area contributed by atoms with Gasteiger partial charge in [-0.15, -0.1) is 11.3 Å². The molecule has 3 aromatic rings. The van der Waals surface area contributed by atoms with E-state index in [1.54, 1.807) is 6.08 Å². The van der Waals surface area contributed by atoms with Gasteiger partial charge in [-0.1, -0.05) is 12.1 Å². The lowest BCUT2D eigenvalue weighted by Crippen LogP contribution is -2.23. The second-order valence-electron chi connectivity index (χ2n) is 5.30. The first kappa shape index (κ1) is 17.0. The summed E-state index contributed by atoms with van der Waals surface area (Å²) in [6, 6.07) is 12.8. The Kier molecular flexibility index (Phi) is 5.00. The van der Waals surface area contributed by atoms with Crippen molar-refractivity contribution in [3.63, 3.8) is 0 Å². The van der Waals surface area contributed by atoms with Crippen molar-refractivity contribution in [2.75, 3.05) is 0 Å². The summed E-state index contributed by atoms with van der Waals surface area (Å²) in [7, 11) is 0. The summed E-state index contributed by atoms with van der Waals surface area (Å²) in [5.74, 6) is -1.45. The predicted octanol–water partition coefficient (Wildman–Crippen LogP) is 4.26. The summed E-state index contributed by atoms with van der Waals surface area (Å²) in [6.45, 7) is 1.48. The Morgan fingerprint density at radius 2 is 1.88 bits per heavy atom. The van der Waals surface area contributed by atoms with Crippen molar-refractivity contribution in [3.8, 4) is 0 Å². The number of para-hydroxylation sites is 1. The van der Waals surface area contributed by atoms with Crippen molar-refractivity contribution >= 4 is 39.4 Å². The Morgan fingerprint density at radius 1 is 1.16 bits per heavy atom. The van der Waals surface area contributed by atoms with Crippen LogP contribution in [0.2, 0.25) is 0 Å². The van der Waals surface area contributed by atoms with Gasteiger partial charge in [0.1, 0.15) is 10.8 Å². The van der Waals surface area contributed by atoms with E-state index >= 15 is 0 Å². The Morgan fingerprint density at radius 3 is 2.60 bits per heavy atom. The number of hydrogen-bond donors (Lipinski definition) is 0. The number of carbonyl (C=O) groups is 2. The highest BCUT2D eigenvalue weighted by Crippen LogP contribution is 2.22. The zero-order valence-corrected chi connectivity index (χ0v) is 14.1. The monoisotopic (exact) mass is 355 g/mol. The van der Waals surface area contributed by atoms with Crippen LogP contribution in [-0.4, -0.2) is 22.8 Å². The molecule has 1 atom stereocenters. The zero-order chi connectivity index (χ0) is 17.8. The van der Waals surface area contributed by atoms with Gasteiger partial charge in [0, 0.05) is 11.6 Å². The number of nitrogens with zero attached hydrogens (tertiary/aromatic N) is 1. The average Bonchev–Trinajstić information content (AvgIpc) is 3.03. The van der Waals surface area contributed by atoms with Gasteiger partial charge < -0.3 is 4.74 Å². The second-order valence-corrected chi connectivity index (χ2v) is 6.37. The van der Waals surface area contributed by atoms with Gasteiger partial charge in [0.2, 0.25) is 5.78 Å². The average molecular weight is 355 g/mol. The number of aromatic nitrogens is 1. The summed E-state index contributed by atoms with van der Waals surface area (Å²) in [5, 5.41) is 0.677. The normalized spacial score (nSPS) is 12.4. The van der Waals surface area contributed by atoms with Crippen molar-refractivity contribution in [2.24, 2.45) is 0 Å². The van der Waals surface area contributed by atoms with Crippen LogP contribution in [0.1, 0.15) is 22.3 Å². The van der Waals surface area contributed by atoms with Crippen LogP contribution in [0.15, 0.2) is 54.6 Å². The molecule has 1 heterocycles. The molecule has 0 unspecified atom stereocenters. The third-order valence-corrected chi connectivity index (χ3v) is 4.46. The SMILES string of the molecule is C[C@@H](OC(=O)/C=C/c1nc2ccccc2s1)C(=O)c1ccc(F)cc1. The third kappa shape index (κ3) is 4.16. The Labute approximate surface area is 147 Å². The van der Waals surface area contributed by atoms with Gasteiger partial charge in [-0.25, -0.2) is 14.2 Å². The fraction of sp³-hybridized carbons (Fsp3) is 0.105. The largest absolute Gasteiger partial charge is 0.451 e. The van der Waals surface area contributed by atoms with Crippen molar-refractivity contribution in [1.29, 1.82) is 0 Å². The number of ketones is 1. The molecule has 0 N–H and O–H groups in total. The van der Waals surface area contributed by atoms with E-state index < -0.39 is 17.9 Å². The van der Waals surface area contributed by atoms with Gasteiger partial charge in [0.25, 0.3) is 0 Å². The van der Waals surface area contributed by atoms with E-state index in [1.165, 1.54) is 48.6 Å². The van der Waals surface area contributed by atoms with Crippen LogP contribution in [0, 0.1) is 5.82 Å². The highest BCUT2D eigenvalue weighted by atomic mass is 32.1. The van der Waals surface area contributed by atoms with Crippen LogP contribution >= 0.6 is 11.3 Å². The summed E-state index contributed by atoms with van der Waals surface area (Å²) in [4.78, 5) is 28.4. The number of halogens is 1. The van der Waals surface area contributed by atoms with Crippen molar-refractivity contribution in [2.45, 2.75) is 13.0 Å². The number of rotatable bonds is 5. The molecule has 0 fully saturated rings. The Bertz CT molecular complexity index is 914. The standard InChI is InChI=1S/C19H14FNO3S/c1-12(19(23)13-6-8-14(20)9-7-13)24-18(22)11-10-17-21-15-4-2-3-5-16(15)25-17/h2-12H,1H3/b11-10+/t12-/m1/s1. The number of ether oxygens (including phenoxy) is 1. The Balaban J connectivity index is 1.63. The molecular formula is C19H14FNO3S. The van der Waals surface area contributed by atoms with E-state index in [0.29, 0.717) is 5.01 Å². The smallest absolute Gasteiger partial charge is 0.331 e. The minimum absolute atomic E-state index is 0.289. The lowest BCUT2D eigenvalue weighted by molar-refractivity contribution is -0.140. The number of benzene rings is 2. The fourth-order valence-corrected chi connectivity index (χ4v) is 3.09. The van der Waals surface area contributed by atoms with Crippen LogP contribution in [0.25, 0.3) is 16.3 Å². The summed E-state index contributed by atoms with van der Waals surface area (Å²) < 4.78 is 19.0. The molecule has 3 rings (SSSR count). The molecule has 4 nitrogen and oxygen atoms in total. The predicted molar refractivity (Wildman–Crippen MR) is 94.9 cm³/mol. The minimum atomic E-state index is -0.960. The van der Waals surface area contributed by atoms with Crippen molar-refractivity contribution in [1.82, 2.24) is 4.98 Å². The minimum Gasteiger partial charge on any atom is -0.451 e. The van der Waals surface area contributed by atoms with Gasteiger partial charge in [0.05, 0.1) is 10.2 Å². The maximum absolute atomic E-state index is 12.9. The van der Waals surface area contributed by atoms with Crippen LogP contribution in [0.4, 0.5) is 4.39 Å². The molecule has 0 radical (unpaired) electrons. The lowest BCUT2D eigenvalue weighted by Gasteiger charge is -2.10. The maximum atomic E-state index is 12.9. The molecule has 1 aromatic heterocycles. The van der Waals surface area contributed by atoms with Crippen LogP contribution in [-0.2, 0) is 9.53 Å². The molecule has 0 saturated heterocycles. The van der Waals surface area contributed by atoms with Crippen LogP contribution < -0.4 is 0 Å². The van der Waals surface area contributed by atoms with Gasteiger partial charge in [0.15, 0.2) is 6.10 Å². The van der Waals surface area contributed by atoms with Crippen molar-refractivity contribution < 1.29 is 18.7 Å². The molecule has 0 amide bonds. The van der Waals surface area contributed by atoms with Gasteiger partial charge in [-0.05, 0) is 49.4 Å². The van der Waals surface area contributed by atoms with Gasteiger partial charge in [-0.3, -0.25) is 4.79 Å². The molecule has 0 aliphatic rings. The molecule has 0 aliphatic heterocycles. The number of Topliss-reactive ketones (excluding diaryl/α,β-unsaturated/α-hetero) is 1. The number of fused-ring (bicyclic) bond motifs is 1. The highest BCUT2D eigenvalue weighted by molar-refractivity contribution is 7.19. The number of hydrogen-bond acceptors (Lipinski definition) is 5. The number of carbonyl (C=O) groups excluding carboxylic acids is 2. The third-order valence-electron chi connectivity index (χ3n) is 3.46. The summed E-state index contributed by atoms with van der Waals surface area (Å²) in [6.07, 6.45) is 1.84. The lowest BCUT2D eigenvalue weighted by atomic mass is 10.1. The van der Waals surface area contributed by atoms with Crippen LogP contribution in [0.5, 0.6) is 0 Å². The topological polar surface area (TPSA) is 56.3 Å². The van der Waals surface area contributed by atoms with Crippen molar-refractivity contribution in [3.05, 3.63) is 71.0 Å². The Hall–Kier alpha value is -2.86. The molecule has 0 saturated carbocycles. The number of thiazole rings is 1. The second kappa shape index (κ2) is 7.36. The van der Waals surface area contributed by atoms with Gasteiger partial charge in [-0.2, -0.15) is 0 Å². The first-order valence-corrected chi connectivity index (χ1v) is 8.38. The zero-order valence-electron chi connectivity index (χ0n) is 13.3. The van der Waals surface area contributed by atoms with E-state index in [9.17, 15) is 14.0 Å².